The maximum absolute atomic E-state index is 13.2. The van der Waals surface area contributed by atoms with E-state index in [1.165, 1.54) is 0 Å². The van der Waals surface area contributed by atoms with Crippen molar-refractivity contribution in [3.63, 3.8) is 0 Å². The fourth-order valence-corrected chi connectivity index (χ4v) is 1.71. The van der Waals surface area contributed by atoms with Crippen molar-refractivity contribution >= 4 is 11.6 Å². The number of hydrogen-bond acceptors (Lipinski definition) is 4. The van der Waals surface area contributed by atoms with Crippen LogP contribution < -0.4 is 11.1 Å². The van der Waals surface area contributed by atoms with Gasteiger partial charge in [0, 0.05) is 12.6 Å². The highest BCUT2D eigenvalue weighted by Gasteiger charge is 2.27. The quantitative estimate of drug-likeness (QED) is 0.726. The SMILES string of the molecule is Nc1nc(NCC2CC(O)C2)c(F)cc1F. The zero-order valence-electron chi connectivity index (χ0n) is 8.58. The van der Waals surface area contributed by atoms with Crippen LogP contribution in [0.5, 0.6) is 0 Å². The fraction of sp³-hybridized carbons (Fsp3) is 0.500. The lowest BCUT2D eigenvalue weighted by molar-refractivity contribution is 0.0486. The van der Waals surface area contributed by atoms with Gasteiger partial charge in [0.25, 0.3) is 0 Å². The molecule has 0 saturated heterocycles. The first kappa shape index (κ1) is 11.1. The minimum atomic E-state index is -0.859. The summed E-state index contributed by atoms with van der Waals surface area (Å²) in [6.07, 6.45) is 1.15. The van der Waals surface area contributed by atoms with E-state index in [0.717, 1.165) is 0 Å². The molecule has 0 atom stereocenters. The molecule has 4 nitrogen and oxygen atoms in total. The van der Waals surface area contributed by atoms with Crippen molar-refractivity contribution in [2.45, 2.75) is 18.9 Å². The number of halogens is 2. The van der Waals surface area contributed by atoms with E-state index in [4.69, 9.17) is 10.8 Å². The van der Waals surface area contributed by atoms with Crippen molar-refractivity contribution in [3.8, 4) is 0 Å². The summed E-state index contributed by atoms with van der Waals surface area (Å²) in [6.45, 7) is 0.506. The summed E-state index contributed by atoms with van der Waals surface area (Å²) in [5, 5.41) is 11.8. The highest BCUT2D eigenvalue weighted by Crippen LogP contribution is 2.27. The van der Waals surface area contributed by atoms with Gasteiger partial charge in [0.15, 0.2) is 23.3 Å². The van der Waals surface area contributed by atoms with Gasteiger partial charge in [0.2, 0.25) is 0 Å². The number of rotatable bonds is 3. The maximum atomic E-state index is 13.2. The van der Waals surface area contributed by atoms with Crippen molar-refractivity contribution in [2.24, 2.45) is 5.92 Å². The van der Waals surface area contributed by atoms with Gasteiger partial charge >= 0.3 is 0 Å². The van der Waals surface area contributed by atoms with Crippen molar-refractivity contribution in [2.75, 3.05) is 17.6 Å². The lowest BCUT2D eigenvalue weighted by Gasteiger charge is -2.31. The van der Waals surface area contributed by atoms with E-state index < -0.39 is 11.6 Å². The Morgan fingerprint density at radius 1 is 1.44 bits per heavy atom. The lowest BCUT2D eigenvalue weighted by Crippen LogP contribution is -2.33. The molecule has 1 saturated carbocycles. The molecule has 0 aromatic carbocycles. The topological polar surface area (TPSA) is 71.2 Å². The smallest absolute Gasteiger partial charge is 0.168 e. The number of aliphatic hydroxyl groups excluding tert-OH is 1. The van der Waals surface area contributed by atoms with E-state index in [1.54, 1.807) is 0 Å². The van der Waals surface area contributed by atoms with Gasteiger partial charge in [-0.15, -0.1) is 0 Å². The summed E-state index contributed by atoms with van der Waals surface area (Å²) in [6, 6.07) is 0.709. The molecule has 16 heavy (non-hydrogen) atoms. The third-order valence-electron chi connectivity index (χ3n) is 2.73. The molecule has 0 spiro atoms. The number of nitrogen functional groups attached to an aromatic ring is 1. The Balaban J connectivity index is 1.96. The average Bonchev–Trinajstić information content (AvgIpc) is 2.18. The van der Waals surface area contributed by atoms with Gasteiger partial charge in [-0.2, -0.15) is 0 Å². The Morgan fingerprint density at radius 3 is 2.75 bits per heavy atom. The molecule has 1 aromatic heterocycles. The monoisotopic (exact) mass is 229 g/mol. The zero-order chi connectivity index (χ0) is 11.7. The standard InChI is InChI=1S/C10H13F2N3O/c11-7-3-8(12)10(15-9(7)13)14-4-5-1-6(16)2-5/h3,5-6,16H,1-2,4H2,(H3,13,14,15). The van der Waals surface area contributed by atoms with E-state index >= 15 is 0 Å². The first-order valence-electron chi connectivity index (χ1n) is 5.09. The van der Waals surface area contributed by atoms with Crippen molar-refractivity contribution in [1.29, 1.82) is 0 Å². The molecular weight excluding hydrogens is 216 g/mol. The molecule has 1 fully saturated rings. The highest BCUT2D eigenvalue weighted by atomic mass is 19.1. The van der Waals surface area contributed by atoms with Crippen LogP contribution in [-0.2, 0) is 0 Å². The molecule has 0 unspecified atom stereocenters. The van der Waals surface area contributed by atoms with Crippen LogP contribution in [0, 0.1) is 17.6 Å². The van der Waals surface area contributed by atoms with Crippen LogP contribution in [0.25, 0.3) is 0 Å². The van der Waals surface area contributed by atoms with E-state index in [9.17, 15) is 8.78 Å². The van der Waals surface area contributed by atoms with Crippen LogP contribution in [0.2, 0.25) is 0 Å². The van der Waals surface area contributed by atoms with Gasteiger partial charge in [0.05, 0.1) is 6.10 Å². The molecule has 1 heterocycles. The van der Waals surface area contributed by atoms with Crippen LogP contribution in [0.1, 0.15) is 12.8 Å². The second-order valence-electron chi connectivity index (χ2n) is 4.06. The molecule has 1 aromatic rings. The van der Waals surface area contributed by atoms with Crippen LogP contribution in [0.3, 0.4) is 0 Å². The number of anilines is 2. The molecule has 0 aliphatic heterocycles. The maximum Gasteiger partial charge on any atom is 0.168 e. The summed E-state index contributed by atoms with van der Waals surface area (Å²) in [5.74, 6) is -1.67. The molecule has 0 amide bonds. The summed E-state index contributed by atoms with van der Waals surface area (Å²) in [7, 11) is 0. The number of hydrogen-bond donors (Lipinski definition) is 3. The second kappa shape index (κ2) is 4.21. The van der Waals surface area contributed by atoms with Gasteiger partial charge in [-0.1, -0.05) is 0 Å². The second-order valence-corrected chi connectivity index (χ2v) is 4.06. The molecular formula is C10H13F2N3O. The third kappa shape index (κ3) is 2.21. The van der Waals surface area contributed by atoms with Gasteiger partial charge in [-0.25, -0.2) is 13.8 Å². The van der Waals surface area contributed by atoms with Crippen LogP contribution >= 0.6 is 0 Å². The number of nitrogens with zero attached hydrogens (tertiary/aromatic N) is 1. The average molecular weight is 229 g/mol. The fourth-order valence-electron chi connectivity index (χ4n) is 1.71. The first-order chi connectivity index (χ1) is 7.56. The highest BCUT2D eigenvalue weighted by molar-refractivity contribution is 5.44. The summed E-state index contributed by atoms with van der Waals surface area (Å²) >= 11 is 0. The lowest BCUT2D eigenvalue weighted by atomic mass is 9.82. The molecule has 1 aliphatic rings. The normalized spacial score (nSPS) is 23.9. The van der Waals surface area contributed by atoms with Gasteiger partial charge in [0.1, 0.15) is 0 Å². The van der Waals surface area contributed by atoms with Crippen molar-refractivity contribution in [1.82, 2.24) is 4.98 Å². The molecule has 6 heteroatoms. The largest absolute Gasteiger partial charge is 0.393 e. The van der Waals surface area contributed by atoms with E-state index in [0.29, 0.717) is 31.4 Å². The van der Waals surface area contributed by atoms with E-state index in [1.807, 2.05) is 0 Å². The number of aliphatic hydroxyl groups is 1. The number of aromatic nitrogens is 1. The molecule has 4 N–H and O–H groups in total. The summed E-state index contributed by atoms with van der Waals surface area (Å²) in [4.78, 5) is 3.58. The minimum Gasteiger partial charge on any atom is -0.393 e. The van der Waals surface area contributed by atoms with Crippen molar-refractivity contribution in [3.05, 3.63) is 17.7 Å². The van der Waals surface area contributed by atoms with Gasteiger partial charge in [-0.05, 0) is 18.8 Å². The Hall–Kier alpha value is -1.43. The predicted octanol–water partition coefficient (Wildman–Crippen LogP) is 1.12. The third-order valence-corrected chi connectivity index (χ3v) is 2.73. The van der Waals surface area contributed by atoms with E-state index in [-0.39, 0.29) is 17.7 Å². The van der Waals surface area contributed by atoms with Gasteiger partial charge in [-0.3, -0.25) is 0 Å². The van der Waals surface area contributed by atoms with Gasteiger partial charge < -0.3 is 16.2 Å². The number of nitrogens with two attached hydrogens (primary N) is 1. The molecule has 0 radical (unpaired) electrons. The van der Waals surface area contributed by atoms with E-state index in [2.05, 4.69) is 10.3 Å². The van der Waals surface area contributed by atoms with Crippen LogP contribution in [0.4, 0.5) is 20.4 Å². The summed E-state index contributed by atoms with van der Waals surface area (Å²) in [5.41, 5.74) is 5.23. The Labute approximate surface area is 91.5 Å². The Morgan fingerprint density at radius 2 is 2.12 bits per heavy atom. The molecule has 0 bridgehead atoms. The number of nitrogens with one attached hydrogen (secondary N) is 1. The Bertz CT molecular complexity index is 394. The zero-order valence-corrected chi connectivity index (χ0v) is 8.58. The Kier molecular flexibility index (Phi) is 2.91. The van der Waals surface area contributed by atoms with Crippen LogP contribution in [0.15, 0.2) is 6.07 Å². The first-order valence-corrected chi connectivity index (χ1v) is 5.09. The molecule has 2 rings (SSSR count). The summed E-state index contributed by atoms with van der Waals surface area (Å²) < 4.78 is 26.0. The number of pyridine rings is 1. The molecule has 88 valence electrons. The van der Waals surface area contributed by atoms with Crippen LogP contribution in [-0.4, -0.2) is 22.7 Å². The minimum absolute atomic E-state index is 0.0414. The predicted molar refractivity (Wildman–Crippen MR) is 55.8 cm³/mol. The molecule has 1 aliphatic carbocycles. The van der Waals surface area contributed by atoms with Crippen molar-refractivity contribution < 1.29 is 13.9 Å².